The van der Waals surface area contributed by atoms with Gasteiger partial charge in [-0.1, -0.05) is 15.9 Å². The van der Waals surface area contributed by atoms with Gasteiger partial charge < -0.3 is 0 Å². The molecule has 0 atom stereocenters. The van der Waals surface area contributed by atoms with Crippen LogP contribution in [0.25, 0.3) is 0 Å². The van der Waals surface area contributed by atoms with Crippen molar-refractivity contribution >= 4 is 26.0 Å². The maximum absolute atomic E-state index is 11.9. The zero-order chi connectivity index (χ0) is 11.4. The second kappa shape index (κ2) is 6.08. The van der Waals surface area contributed by atoms with E-state index in [0.717, 1.165) is 11.8 Å². The molecule has 3 nitrogen and oxygen atoms in total. The van der Waals surface area contributed by atoms with Crippen LogP contribution in [0.5, 0.6) is 0 Å². The maximum Gasteiger partial charge on any atom is 0.216 e. The van der Waals surface area contributed by atoms with Gasteiger partial charge in [-0.05, 0) is 34.1 Å². The molecule has 0 heterocycles. The molecule has 0 aliphatic heterocycles. The molecular formula is C9H20BrNO2S. The molecule has 5 heteroatoms. The summed E-state index contributed by atoms with van der Waals surface area (Å²) in [5.41, 5.74) is 0. The lowest BCUT2D eigenvalue weighted by molar-refractivity contribution is 0.351. The van der Waals surface area contributed by atoms with Crippen molar-refractivity contribution in [3.8, 4) is 0 Å². The van der Waals surface area contributed by atoms with Crippen LogP contribution in [0.1, 0.15) is 34.1 Å². The van der Waals surface area contributed by atoms with E-state index < -0.39 is 10.0 Å². The maximum atomic E-state index is 11.9. The number of halogens is 1. The number of sulfonamides is 1. The lowest BCUT2D eigenvalue weighted by Gasteiger charge is -2.27. The SMILES string of the molecule is CC(C)N(CCCBr)S(=O)(=O)C(C)C. The third kappa shape index (κ3) is 3.87. The second-order valence-corrected chi connectivity index (χ2v) is 7.08. The van der Waals surface area contributed by atoms with E-state index in [4.69, 9.17) is 0 Å². The topological polar surface area (TPSA) is 37.4 Å². The van der Waals surface area contributed by atoms with Crippen LogP contribution in [0.2, 0.25) is 0 Å². The molecule has 0 aromatic carbocycles. The van der Waals surface area contributed by atoms with Crippen molar-refractivity contribution in [1.29, 1.82) is 0 Å². The highest BCUT2D eigenvalue weighted by Crippen LogP contribution is 2.13. The van der Waals surface area contributed by atoms with E-state index in [1.54, 1.807) is 18.2 Å². The highest BCUT2D eigenvalue weighted by Gasteiger charge is 2.27. The van der Waals surface area contributed by atoms with Gasteiger partial charge in [-0.25, -0.2) is 8.42 Å². The number of alkyl halides is 1. The molecule has 0 N–H and O–H groups in total. The Bertz CT molecular complexity index is 250. The van der Waals surface area contributed by atoms with Crippen LogP contribution in [0.15, 0.2) is 0 Å². The summed E-state index contributed by atoms with van der Waals surface area (Å²) < 4.78 is 25.4. The summed E-state index contributed by atoms with van der Waals surface area (Å²) in [4.78, 5) is 0. The first-order chi connectivity index (χ1) is 6.34. The van der Waals surface area contributed by atoms with E-state index in [2.05, 4.69) is 15.9 Å². The van der Waals surface area contributed by atoms with E-state index in [1.165, 1.54) is 0 Å². The number of nitrogens with zero attached hydrogens (tertiary/aromatic N) is 1. The molecule has 0 unspecified atom stereocenters. The van der Waals surface area contributed by atoms with Gasteiger partial charge >= 0.3 is 0 Å². The molecule has 0 fully saturated rings. The molecule has 86 valence electrons. The van der Waals surface area contributed by atoms with Gasteiger partial charge in [0.2, 0.25) is 10.0 Å². The van der Waals surface area contributed by atoms with Gasteiger partial charge in [-0.2, -0.15) is 4.31 Å². The highest BCUT2D eigenvalue weighted by atomic mass is 79.9. The van der Waals surface area contributed by atoms with Crippen LogP contribution in [0.3, 0.4) is 0 Å². The Labute approximate surface area is 96.0 Å². The normalized spacial score (nSPS) is 13.1. The first-order valence-electron chi connectivity index (χ1n) is 4.90. The summed E-state index contributed by atoms with van der Waals surface area (Å²) in [6.45, 7) is 7.86. The largest absolute Gasteiger partial charge is 0.216 e. The first kappa shape index (κ1) is 14.4. The van der Waals surface area contributed by atoms with Crippen molar-refractivity contribution in [2.24, 2.45) is 0 Å². The smallest absolute Gasteiger partial charge is 0.212 e. The molecule has 0 rings (SSSR count). The molecule has 0 saturated heterocycles. The monoisotopic (exact) mass is 285 g/mol. The zero-order valence-electron chi connectivity index (χ0n) is 9.33. The number of hydrogen-bond acceptors (Lipinski definition) is 2. The van der Waals surface area contributed by atoms with Crippen LogP contribution in [-0.4, -0.2) is 35.9 Å². The molecule has 0 amide bonds. The predicted molar refractivity (Wildman–Crippen MR) is 64.3 cm³/mol. The van der Waals surface area contributed by atoms with Crippen molar-refractivity contribution in [3.63, 3.8) is 0 Å². The number of hydrogen-bond donors (Lipinski definition) is 0. The molecular weight excluding hydrogens is 266 g/mol. The summed E-state index contributed by atoms with van der Waals surface area (Å²) in [6, 6.07) is 0.0430. The lowest BCUT2D eigenvalue weighted by atomic mass is 10.4. The van der Waals surface area contributed by atoms with Gasteiger partial charge in [0.05, 0.1) is 5.25 Å². The van der Waals surface area contributed by atoms with Crippen molar-refractivity contribution in [3.05, 3.63) is 0 Å². The van der Waals surface area contributed by atoms with Gasteiger partial charge in [-0.3, -0.25) is 0 Å². The van der Waals surface area contributed by atoms with Gasteiger partial charge in [0.1, 0.15) is 0 Å². The van der Waals surface area contributed by atoms with Gasteiger partial charge in [0.25, 0.3) is 0 Å². The van der Waals surface area contributed by atoms with Gasteiger partial charge in [0, 0.05) is 17.9 Å². The Balaban J connectivity index is 4.65. The Kier molecular flexibility index (Phi) is 6.25. The Morgan fingerprint density at radius 1 is 1.21 bits per heavy atom. The van der Waals surface area contributed by atoms with E-state index in [-0.39, 0.29) is 11.3 Å². The quantitative estimate of drug-likeness (QED) is 0.702. The van der Waals surface area contributed by atoms with Crippen LogP contribution in [0.4, 0.5) is 0 Å². The summed E-state index contributed by atoms with van der Waals surface area (Å²) in [7, 11) is -3.10. The minimum absolute atomic E-state index is 0.0430. The summed E-state index contributed by atoms with van der Waals surface area (Å²) >= 11 is 3.31. The fourth-order valence-corrected chi connectivity index (χ4v) is 2.93. The Morgan fingerprint density at radius 2 is 1.71 bits per heavy atom. The molecule has 0 spiro atoms. The van der Waals surface area contributed by atoms with Crippen molar-refractivity contribution in [2.75, 3.05) is 11.9 Å². The molecule has 0 aromatic heterocycles. The Hall–Kier alpha value is 0.390. The lowest BCUT2D eigenvalue weighted by Crippen LogP contribution is -2.41. The van der Waals surface area contributed by atoms with Crippen LogP contribution in [0, 0.1) is 0 Å². The van der Waals surface area contributed by atoms with Crippen molar-refractivity contribution in [2.45, 2.75) is 45.4 Å². The highest BCUT2D eigenvalue weighted by molar-refractivity contribution is 9.09. The minimum Gasteiger partial charge on any atom is -0.212 e. The number of rotatable bonds is 6. The summed E-state index contributed by atoms with van der Waals surface area (Å²) in [6.07, 6.45) is 0.851. The third-order valence-corrected chi connectivity index (χ3v) is 5.02. The average Bonchev–Trinajstić information content (AvgIpc) is 2.03. The van der Waals surface area contributed by atoms with E-state index in [0.29, 0.717) is 6.54 Å². The fraction of sp³-hybridized carbons (Fsp3) is 1.00. The van der Waals surface area contributed by atoms with Crippen LogP contribution < -0.4 is 0 Å². The molecule has 0 aliphatic carbocycles. The van der Waals surface area contributed by atoms with Gasteiger partial charge in [0.15, 0.2) is 0 Å². The molecule has 0 bridgehead atoms. The van der Waals surface area contributed by atoms with E-state index in [1.807, 2.05) is 13.8 Å². The molecule has 0 aromatic rings. The van der Waals surface area contributed by atoms with E-state index in [9.17, 15) is 8.42 Å². The third-order valence-electron chi connectivity index (χ3n) is 2.01. The Morgan fingerprint density at radius 3 is 2.00 bits per heavy atom. The van der Waals surface area contributed by atoms with Crippen LogP contribution >= 0.6 is 15.9 Å². The molecule has 0 aliphatic rings. The summed E-state index contributed by atoms with van der Waals surface area (Å²) in [5.74, 6) is 0. The van der Waals surface area contributed by atoms with Crippen molar-refractivity contribution in [1.82, 2.24) is 4.31 Å². The zero-order valence-corrected chi connectivity index (χ0v) is 11.7. The van der Waals surface area contributed by atoms with Gasteiger partial charge in [-0.15, -0.1) is 0 Å². The standard InChI is InChI=1S/C9H20BrNO2S/c1-8(2)11(7-5-6-10)14(12,13)9(3)4/h8-9H,5-7H2,1-4H3. The predicted octanol–water partition coefficient (Wildman–Crippen LogP) is 2.22. The average molecular weight is 286 g/mol. The molecule has 14 heavy (non-hydrogen) atoms. The minimum atomic E-state index is -3.10. The fourth-order valence-electron chi connectivity index (χ4n) is 1.17. The molecule has 0 radical (unpaired) electrons. The first-order valence-corrected chi connectivity index (χ1v) is 7.53. The summed E-state index contributed by atoms with van der Waals surface area (Å²) in [5, 5.41) is 0.504. The molecule has 0 saturated carbocycles. The van der Waals surface area contributed by atoms with E-state index >= 15 is 0 Å². The van der Waals surface area contributed by atoms with Crippen LogP contribution in [-0.2, 0) is 10.0 Å². The van der Waals surface area contributed by atoms with Crippen molar-refractivity contribution < 1.29 is 8.42 Å². The second-order valence-electron chi connectivity index (χ2n) is 3.84.